The van der Waals surface area contributed by atoms with E-state index >= 15 is 0 Å². The molecule has 29 heavy (non-hydrogen) atoms. The van der Waals surface area contributed by atoms with E-state index in [0.29, 0.717) is 11.3 Å². The zero-order chi connectivity index (χ0) is 19.7. The molecular weight excluding hydrogens is 354 g/mol. The van der Waals surface area contributed by atoms with Crippen LogP contribution >= 0.6 is 0 Å². The predicted molar refractivity (Wildman–Crippen MR) is 117 cm³/mol. The van der Waals surface area contributed by atoms with Crippen molar-refractivity contribution in [3.63, 3.8) is 0 Å². The molecule has 0 aromatic heterocycles. The van der Waals surface area contributed by atoms with Gasteiger partial charge in [-0.3, -0.25) is 9.79 Å². The van der Waals surface area contributed by atoms with Crippen molar-refractivity contribution in [2.75, 3.05) is 0 Å². The first kappa shape index (κ1) is 17.3. The molecule has 0 radical (unpaired) electrons. The van der Waals surface area contributed by atoms with E-state index in [1.165, 1.54) is 0 Å². The second-order valence-corrected chi connectivity index (χ2v) is 7.14. The highest BCUT2D eigenvalue weighted by Gasteiger charge is 2.43. The van der Waals surface area contributed by atoms with Gasteiger partial charge in [0, 0.05) is 11.1 Å². The molecule has 0 fully saturated rings. The van der Waals surface area contributed by atoms with Gasteiger partial charge in [0.15, 0.2) is 0 Å². The Labute approximate surface area is 170 Å². The first-order chi connectivity index (χ1) is 14.3. The molecule has 0 bridgehead atoms. The van der Waals surface area contributed by atoms with E-state index < -0.39 is 5.54 Å². The van der Waals surface area contributed by atoms with Crippen LogP contribution in [0, 0.1) is 0 Å². The number of carbonyl (C=O) groups excluding carboxylic acids is 1. The number of fused-ring (bicyclic) bond motifs is 1. The smallest absolute Gasteiger partial charge is 0.211 e. The lowest BCUT2D eigenvalue weighted by Gasteiger charge is -2.37. The first-order valence-corrected chi connectivity index (χ1v) is 9.71. The molecule has 138 valence electrons. The Bertz CT molecular complexity index is 1160. The van der Waals surface area contributed by atoms with Gasteiger partial charge in [-0.2, -0.15) is 0 Å². The molecule has 0 amide bonds. The summed E-state index contributed by atoms with van der Waals surface area (Å²) in [6, 6.07) is 38.0. The Morgan fingerprint density at radius 1 is 0.552 bits per heavy atom. The van der Waals surface area contributed by atoms with Crippen LogP contribution < -0.4 is 0 Å². The largest absolute Gasteiger partial charge is 0.287 e. The number of Topliss-reactive ketones (excluding diaryl/α,β-unsaturated/α-hetero) is 1. The van der Waals surface area contributed by atoms with Gasteiger partial charge in [-0.15, -0.1) is 0 Å². The van der Waals surface area contributed by atoms with Gasteiger partial charge in [-0.1, -0.05) is 115 Å². The number of ketones is 1. The lowest BCUT2D eigenvalue weighted by molar-refractivity contribution is 0.106. The summed E-state index contributed by atoms with van der Waals surface area (Å²) < 4.78 is 0. The number of nitrogens with zero attached hydrogens (tertiary/aromatic N) is 1. The van der Waals surface area contributed by atoms with E-state index in [1.54, 1.807) is 0 Å². The molecule has 4 aromatic rings. The van der Waals surface area contributed by atoms with Gasteiger partial charge in [0.25, 0.3) is 0 Å². The number of hydrogen-bond donors (Lipinski definition) is 0. The van der Waals surface area contributed by atoms with Crippen molar-refractivity contribution in [3.05, 3.63) is 143 Å². The average molecular weight is 373 g/mol. The van der Waals surface area contributed by atoms with Crippen molar-refractivity contribution in [2.45, 2.75) is 5.54 Å². The van der Waals surface area contributed by atoms with E-state index in [9.17, 15) is 4.79 Å². The van der Waals surface area contributed by atoms with Crippen LogP contribution in [0.2, 0.25) is 0 Å². The fraction of sp³-hybridized carbons (Fsp3) is 0.0370. The lowest BCUT2D eigenvalue weighted by atomic mass is 9.72. The van der Waals surface area contributed by atoms with E-state index in [-0.39, 0.29) is 5.78 Å². The van der Waals surface area contributed by atoms with Crippen LogP contribution in [-0.2, 0) is 5.54 Å². The number of carbonyl (C=O) groups is 1. The first-order valence-electron chi connectivity index (χ1n) is 9.71. The summed E-state index contributed by atoms with van der Waals surface area (Å²) in [6.45, 7) is 0. The molecule has 0 saturated carbocycles. The summed E-state index contributed by atoms with van der Waals surface area (Å²) in [5, 5.41) is 0. The minimum absolute atomic E-state index is 0.0331. The highest BCUT2D eigenvalue weighted by molar-refractivity contribution is 6.52. The second kappa shape index (κ2) is 6.99. The minimum Gasteiger partial charge on any atom is -0.287 e. The molecule has 0 spiro atoms. The molecule has 5 rings (SSSR count). The summed E-state index contributed by atoms with van der Waals surface area (Å²) in [4.78, 5) is 18.7. The Hall–Kier alpha value is -3.78. The number of hydrogen-bond acceptors (Lipinski definition) is 2. The van der Waals surface area contributed by atoms with Crippen molar-refractivity contribution < 1.29 is 4.79 Å². The SMILES string of the molecule is O=C1C(c2ccccc2)=NC(c2ccccc2)(c2ccccc2)c2ccccc21. The summed E-state index contributed by atoms with van der Waals surface area (Å²) in [5.41, 5.74) is 4.26. The van der Waals surface area contributed by atoms with Crippen LogP contribution in [0.5, 0.6) is 0 Å². The van der Waals surface area contributed by atoms with Crippen molar-refractivity contribution in [2.24, 2.45) is 4.99 Å². The van der Waals surface area contributed by atoms with Crippen LogP contribution in [0.25, 0.3) is 0 Å². The summed E-state index contributed by atoms with van der Waals surface area (Å²) in [5.74, 6) is -0.0331. The van der Waals surface area contributed by atoms with Crippen LogP contribution in [0.1, 0.15) is 32.6 Å². The number of benzene rings is 4. The quantitative estimate of drug-likeness (QED) is 0.455. The molecule has 0 aliphatic carbocycles. The Morgan fingerprint density at radius 2 is 1.03 bits per heavy atom. The van der Waals surface area contributed by atoms with Gasteiger partial charge in [0.05, 0.1) is 0 Å². The monoisotopic (exact) mass is 373 g/mol. The van der Waals surface area contributed by atoms with Crippen molar-refractivity contribution in [1.82, 2.24) is 0 Å². The third-order valence-corrected chi connectivity index (χ3v) is 5.49. The van der Waals surface area contributed by atoms with Gasteiger partial charge in [-0.25, -0.2) is 0 Å². The molecule has 2 heteroatoms. The van der Waals surface area contributed by atoms with Crippen molar-refractivity contribution in [3.8, 4) is 0 Å². The van der Waals surface area contributed by atoms with Crippen molar-refractivity contribution in [1.29, 1.82) is 0 Å². The number of rotatable bonds is 3. The van der Waals surface area contributed by atoms with Crippen LogP contribution in [0.15, 0.2) is 120 Å². The van der Waals surface area contributed by atoms with Gasteiger partial charge >= 0.3 is 0 Å². The highest BCUT2D eigenvalue weighted by atomic mass is 16.1. The molecule has 1 aliphatic rings. The maximum atomic E-state index is 13.4. The van der Waals surface area contributed by atoms with Crippen LogP contribution in [0.4, 0.5) is 0 Å². The zero-order valence-electron chi connectivity index (χ0n) is 15.8. The van der Waals surface area contributed by atoms with E-state index in [4.69, 9.17) is 4.99 Å². The topological polar surface area (TPSA) is 29.4 Å². The van der Waals surface area contributed by atoms with Gasteiger partial charge in [0.2, 0.25) is 5.78 Å². The molecule has 4 aromatic carbocycles. The molecule has 0 atom stereocenters. The highest BCUT2D eigenvalue weighted by Crippen LogP contribution is 2.45. The van der Waals surface area contributed by atoms with E-state index in [0.717, 1.165) is 22.3 Å². The van der Waals surface area contributed by atoms with Crippen LogP contribution in [0.3, 0.4) is 0 Å². The second-order valence-electron chi connectivity index (χ2n) is 7.14. The van der Waals surface area contributed by atoms with Gasteiger partial charge < -0.3 is 0 Å². The van der Waals surface area contributed by atoms with Gasteiger partial charge in [-0.05, 0) is 16.7 Å². The van der Waals surface area contributed by atoms with Crippen molar-refractivity contribution >= 4 is 11.5 Å². The molecule has 2 nitrogen and oxygen atoms in total. The lowest BCUT2D eigenvalue weighted by Crippen LogP contribution is -2.37. The predicted octanol–water partition coefficient (Wildman–Crippen LogP) is 5.66. The number of aliphatic imine (C=N–C) groups is 1. The van der Waals surface area contributed by atoms with E-state index in [1.807, 2.05) is 91.0 Å². The van der Waals surface area contributed by atoms with Gasteiger partial charge in [0.1, 0.15) is 11.3 Å². The maximum Gasteiger partial charge on any atom is 0.211 e. The Kier molecular flexibility index (Phi) is 4.18. The Morgan fingerprint density at radius 3 is 1.62 bits per heavy atom. The third-order valence-electron chi connectivity index (χ3n) is 5.49. The molecule has 0 unspecified atom stereocenters. The van der Waals surface area contributed by atoms with E-state index in [2.05, 4.69) is 24.3 Å². The molecule has 0 N–H and O–H groups in total. The summed E-state index contributed by atoms with van der Waals surface area (Å²) in [6.07, 6.45) is 0. The zero-order valence-corrected chi connectivity index (χ0v) is 15.8. The molecule has 1 heterocycles. The normalized spacial score (nSPS) is 14.8. The maximum absolute atomic E-state index is 13.4. The molecular formula is C27H19NO. The third kappa shape index (κ3) is 2.73. The average Bonchev–Trinajstić information content (AvgIpc) is 2.81. The molecule has 0 saturated heterocycles. The summed E-state index contributed by atoms with van der Waals surface area (Å²) >= 11 is 0. The van der Waals surface area contributed by atoms with Crippen LogP contribution in [-0.4, -0.2) is 11.5 Å². The standard InChI is InChI=1S/C27H19NO/c29-26-23-18-10-11-19-24(23)27(21-14-6-2-7-15-21,22-16-8-3-9-17-22)28-25(26)20-12-4-1-5-13-20/h1-19H. The Balaban J connectivity index is 1.91. The summed E-state index contributed by atoms with van der Waals surface area (Å²) in [7, 11) is 0. The molecule has 1 aliphatic heterocycles. The fourth-order valence-corrected chi connectivity index (χ4v) is 4.16. The minimum atomic E-state index is -0.780. The fourth-order valence-electron chi connectivity index (χ4n) is 4.16.